The van der Waals surface area contributed by atoms with E-state index in [1.807, 2.05) is 99.3 Å². The van der Waals surface area contributed by atoms with E-state index in [4.69, 9.17) is 9.72 Å². The molecule has 9 heteroatoms. The summed E-state index contributed by atoms with van der Waals surface area (Å²) in [6.45, 7) is 8.71. The minimum atomic E-state index is -0.610. The summed E-state index contributed by atoms with van der Waals surface area (Å²) in [6.07, 6.45) is 1.14. The zero-order valence-electron chi connectivity index (χ0n) is 23.9. The smallest absolute Gasteiger partial charge is 0.407 e. The van der Waals surface area contributed by atoms with Crippen LogP contribution < -0.4 is 10.9 Å². The molecule has 8 nitrogen and oxygen atoms in total. The van der Waals surface area contributed by atoms with E-state index in [1.165, 1.54) is 11.8 Å². The van der Waals surface area contributed by atoms with Gasteiger partial charge in [0.05, 0.1) is 10.9 Å². The molecule has 0 saturated carbocycles. The molecule has 0 aliphatic carbocycles. The molecule has 0 unspecified atom stereocenters. The summed E-state index contributed by atoms with van der Waals surface area (Å²) >= 11 is 1.31. The Morgan fingerprint density at radius 1 is 1.07 bits per heavy atom. The highest BCUT2D eigenvalue weighted by Gasteiger charge is 2.35. The van der Waals surface area contributed by atoms with Gasteiger partial charge in [0.2, 0.25) is 5.91 Å². The van der Waals surface area contributed by atoms with Crippen LogP contribution in [-0.2, 0) is 16.1 Å². The lowest BCUT2D eigenvalue weighted by Crippen LogP contribution is -2.45. The number of thioether (sulfide) groups is 1. The maximum Gasteiger partial charge on any atom is 0.407 e. The zero-order valence-corrected chi connectivity index (χ0v) is 24.7. The summed E-state index contributed by atoms with van der Waals surface area (Å²) in [4.78, 5) is 46.9. The van der Waals surface area contributed by atoms with Crippen LogP contribution in [0.3, 0.4) is 0 Å². The summed E-state index contributed by atoms with van der Waals surface area (Å²) in [5, 5.41) is 5.28. The van der Waals surface area contributed by atoms with Gasteiger partial charge in [-0.15, -0.1) is 0 Å². The van der Waals surface area contributed by atoms with Crippen LogP contribution in [0.2, 0.25) is 0 Å². The first-order chi connectivity index (χ1) is 19.6. The molecular formula is C32H36N4O4S. The Kier molecular flexibility index (Phi) is 8.35. The molecule has 3 aromatic carbocycles. The fourth-order valence-electron chi connectivity index (χ4n) is 5.25. The second-order valence-corrected chi connectivity index (χ2v) is 12.4. The van der Waals surface area contributed by atoms with Crippen molar-refractivity contribution < 1.29 is 14.3 Å². The van der Waals surface area contributed by atoms with Crippen LogP contribution in [-0.4, -0.2) is 51.2 Å². The lowest BCUT2D eigenvalue weighted by Gasteiger charge is -2.29. The van der Waals surface area contributed by atoms with Gasteiger partial charge in [-0.1, -0.05) is 66.4 Å². The van der Waals surface area contributed by atoms with Gasteiger partial charge in [0, 0.05) is 25.7 Å². The number of hydrogen-bond donors (Lipinski definition) is 1. The largest absolute Gasteiger partial charge is 0.444 e. The van der Waals surface area contributed by atoms with E-state index < -0.39 is 16.9 Å². The number of amides is 2. The highest BCUT2D eigenvalue weighted by atomic mass is 32.2. The maximum atomic E-state index is 14.2. The number of benzene rings is 3. The Bertz CT molecular complexity index is 1630. The summed E-state index contributed by atoms with van der Waals surface area (Å²) in [5.41, 5.74) is 0.730. The quantitative estimate of drug-likeness (QED) is 0.168. The fraction of sp³-hybridized carbons (Fsp3) is 0.375. The summed E-state index contributed by atoms with van der Waals surface area (Å²) in [6, 6.07) is 21.2. The van der Waals surface area contributed by atoms with E-state index in [0.29, 0.717) is 35.7 Å². The highest BCUT2D eigenvalue weighted by molar-refractivity contribution is 8.00. The fourth-order valence-corrected chi connectivity index (χ4v) is 6.49. The van der Waals surface area contributed by atoms with Crippen LogP contribution in [0.25, 0.3) is 21.7 Å². The number of carbonyl (C=O) groups is 2. The van der Waals surface area contributed by atoms with Crippen molar-refractivity contribution >= 4 is 45.4 Å². The molecule has 0 radical (unpaired) electrons. The lowest BCUT2D eigenvalue weighted by atomic mass is 10.1. The molecule has 1 aliphatic rings. The van der Waals surface area contributed by atoms with Gasteiger partial charge in [-0.2, -0.15) is 0 Å². The molecule has 0 spiro atoms. The topological polar surface area (TPSA) is 93.5 Å². The second kappa shape index (κ2) is 11.9. The minimum absolute atomic E-state index is 0.0646. The van der Waals surface area contributed by atoms with Crippen LogP contribution in [0.4, 0.5) is 4.79 Å². The molecule has 214 valence electrons. The maximum absolute atomic E-state index is 14.2. The predicted molar refractivity (Wildman–Crippen MR) is 163 cm³/mol. The number of fused-ring (bicyclic) bond motifs is 2. The minimum Gasteiger partial charge on any atom is -0.444 e. The van der Waals surface area contributed by atoms with Gasteiger partial charge in [-0.3, -0.25) is 14.2 Å². The normalized spacial score (nSPS) is 16.2. The number of hydrogen-bond acceptors (Lipinski definition) is 6. The van der Waals surface area contributed by atoms with E-state index in [1.54, 1.807) is 4.57 Å². The summed E-state index contributed by atoms with van der Waals surface area (Å²) < 4.78 is 7.04. The van der Waals surface area contributed by atoms with Crippen LogP contribution in [0, 0.1) is 0 Å². The van der Waals surface area contributed by atoms with Gasteiger partial charge in [0.15, 0.2) is 5.16 Å². The van der Waals surface area contributed by atoms with E-state index in [2.05, 4.69) is 5.32 Å². The third-order valence-corrected chi connectivity index (χ3v) is 8.43. The molecule has 1 N–H and O–H groups in total. The van der Waals surface area contributed by atoms with E-state index in [9.17, 15) is 14.4 Å². The van der Waals surface area contributed by atoms with Crippen LogP contribution >= 0.6 is 11.8 Å². The number of alkyl carbamates (subject to hydrolysis) is 1. The number of nitrogens with one attached hydrogen (secondary N) is 1. The van der Waals surface area contributed by atoms with Gasteiger partial charge in [-0.05, 0) is 69.0 Å². The number of rotatable bonds is 7. The van der Waals surface area contributed by atoms with Crippen molar-refractivity contribution in [2.24, 2.45) is 0 Å². The van der Waals surface area contributed by atoms with Gasteiger partial charge in [0.25, 0.3) is 5.56 Å². The molecule has 1 fully saturated rings. The van der Waals surface area contributed by atoms with Crippen molar-refractivity contribution in [1.82, 2.24) is 19.8 Å². The molecule has 1 saturated heterocycles. The van der Waals surface area contributed by atoms with Crippen molar-refractivity contribution in [3.63, 3.8) is 0 Å². The van der Waals surface area contributed by atoms with Crippen LogP contribution in [0.5, 0.6) is 0 Å². The van der Waals surface area contributed by atoms with Crippen molar-refractivity contribution in [2.75, 3.05) is 13.1 Å². The highest BCUT2D eigenvalue weighted by Crippen LogP contribution is 2.38. The number of aromatic nitrogens is 2. The molecular weight excluding hydrogens is 536 g/mol. The lowest BCUT2D eigenvalue weighted by molar-refractivity contribution is -0.131. The van der Waals surface area contributed by atoms with Gasteiger partial charge in [-0.25, -0.2) is 9.78 Å². The van der Waals surface area contributed by atoms with Crippen molar-refractivity contribution in [3.05, 3.63) is 82.6 Å². The molecule has 1 aromatic heterocycles. The molecule has 0 bridgehead atoms. The molecule has 2 atom stereocenters. The SMILES string of the molecule is CCn1c(S[C@H](C(=O)N2CCC[C@@H]2CNC(=O)OC(C)(C)C)c2ccccc2)nc2cc3ccccc3cc2c1=O. The van der Waals surface area contributed by atoms with Crippen molar-refractivity contribution in [1.29, 1.82) is 0 Å². The second-order valence-electron chi connectivity index (χ2n) is 11.3. The first kappa shape index (κ1) is 28.7. The van der Waals surface area contributed by atoms with E-state index in [-0.39, 0.29) is 17.5 Å². The first-order valence-electron chi connectivity index (χ1n) is 14.1. The van der Waals surface area contributed by atoms with Crippen LogP contribution in [0.1, 0.15) is 51.3 Å². The molecule has 41 heavy (non-hydrogen) atoms. The molecule has 2 heterocycles. The van der Waals surface area contributed by atoms with Crippen molar-refractivity contribution in [3.8, 4) is 0 Å². The van der Waals surface area contributed by atoms with E-state index >= 15 is 0 Å². The Balaban J connectivity index is 1.47. The van der Waals surface area contributed by atoms with Crippen LogP contribution in [0.15, 0.2) is 76.7 Å². The first-order valence-corrected chi connectivity index (χ1v) is 14.9. The molecule has 2 amide bonds. The van der Waals surface area contributed by atoms with Gasteiger partial charge >= 0.3 is 6.09 Å². The van der Waals surface area contributed by atoms with Gasteiger partial charge in [0.1, 0.15) is 10.9 Å². The Hall–Kier alpha value is -3.85. The number of carbonyl (C=O) groups excluding carboxylic acids is 2. The molecule has 5 rings (SSSR count). The number of likely N-dealkylation sites (tertiary alicyclic amines) is 1. The third kappa shape index (κ3) is 6.40. The zero-order chi connectivity index (χ0) is 29.1. The number of nitrogens with zero attached hydrogens (tertiary/aromatic N) is 3. The monoisotopic (exact) mass is 572 g/mol. The summed E-state index contributed by atoms with van der Waals surface area (Å²) in [5.74, 6) is -0.0646. The standard InChI is InChI=1S/C32H36N4O4S/c1-5-35-28(37)25-18-22-14-9-10-15-23(22)19-26(25)34-30(35)41-27(21-12-7-6-8-13-21)29(38)36-17-11-16-24(36)20-33-31(39)40-32(2,3)4/h6-10,12-15,18-19,24,27H,5,11,16-17,20H2,1-4H3,(H,33,39)/t24-,27+/m1/s1. The Morgan fingerprint density at radius 2 is 1.76 bits per heavy atom. The van der Waals surface area contributed by atoms with Crippen molar-refractivity contribution in [2.45, 2.75) is 69.1 Å². The predicted octanol–water partition coefficient (Wildman–Crippen LogP) is 5.92. The third-order valence-electron chi connectivity index (χ3n) is 7.19. The Labute approximate surface area is 244 Å². The Morgan fingerprint density at radius 3 is 2.44 bits per heavy atom. The average molecular weight is 573 g/mol. The molecule has 4 aromatic rings. The molecule has 1 aliphatic heterocycles. The van der Waals surface area contributed by atoms with E-state index in [0.717, 1.165) is 29.2 Å². The average Bonchev–Trinajstić information content (AvgIpc) is 3.42. The van der Waals surface area contributed by atoms with Gasteiger partial charge < -0.3 is 15.0 Å². The summed E-state index contributed by atoms with van der Waals surface area (Å²) in [7, 11) is 0. The number of ether oxygens (including phenoxy) is 1.